The first-order valence-corrected chi connectivity index (χ1v) is 7.02. The van der Waals surface area contributed by atoms with Crippen LogP contribution >= 0.6 is 11.3 Å². The molecule has 0 aliphatic rings. The molecule has 3 nitrogen and oxygen atoms in total. The molecule has 2 rings (SSSR count). The standard InChI is InChI=1S/C14H18N2OS/c1-10(15)6-7-14(17)16-8-11-9-18-13-5-3-2-4-12(11)13/h2-5,9-10H,6-8,15H2,1H3,(H,16,17). The first-order chi connectivity index (χ1) is 8.66. The number of amides is 1. The summed E-state index contributed by atoms with van der Waals surface area (Å²) < 4.78 is 1.26. The molecule has 0 spiro atoms. The summed E-state index contributed by atoms with van der Waals surface area (Å²) in [6.07, 6.45) is 1.23. The van der Waals surface area contributed by atoms with E-state index in [4.69, 9.17) is 5.73 Å². The van der Waals surface area contributed by atoms with Gasteiger partial charge in [0.2, 0.25) is 5.91 Å². The molecule has 1 unspecified atom stereocenters. The Hall–Kier alpha value is -1.39. The minimum Gasteiger partial charge on any atom is -0.352 e. The summed E-state index contributed by atoms with van der Waals surface area (Å²) in [4.78, 5) is 11.6. The van der Waals surface area contributed by atoms with Crippen molar-refractivity contribution in [3.63, 3.8) is 0 Å². The lowest BCUT2D eigenvalue weighted by Gasteiger charge is -2.06. The molecular weight excluding hydrogens is 244 g/mol. The second kappa shape index (κ2) is 5.98. The summed E-state index contributed by atoms with van der Waals surface area (Å²) in [7, 11) is 0. The lowest BCUT2D eigenvalue weighted by atomic mass is 10.1. The quantitative estimate of drug-likeness (QED) is 0.870. The van der Waals surface area contributed by atoms with Crippen LogP contribution in [0.15, 0.2) is 29.6 Å². The van der Waals surface area contributed by atoms with E-state index in [1.54, 1.807) is 11.3 Å². The highest BCUT2D eigenvalue weighted by Gasteiger charge is 2.06. The number of hydrogen-bond donors (Lipinski definition) is 2. The van der Waals surface area contributed by atoms with Gasteiger partial charge < -0.3 is 11.1 Å². The van der Waals surface area contributed by atoms with Crippen LogP contribution in [0, 0.1) is 0 Å². The summed E-state index contributed by atoms with van der Waals surface area (Å²) in [5.74, 6) is 0.0718. The molecule has 1 aromatic heterocycles. The Kier molecular flexibility index (Phi) is 4.33. The summed E-state index contributed by atoms with van der Waals surface area (Å²) >= 11 is 1.71. The van der Waals surface area contributed by atoms with Gasteiger partial charge in [0, 0.05) is 23.7 Å². The third-order valence-corrected chi connectivity index (χ3v) is 3.88. The number of benzene rings is 1. The van der Waals surface area contributed by atoms with Gasteiger partial charge in [-0.1, -0.05) is 18.2 Å². The Morgan fingerprint density at radius 1 is 1.44 bits per heavy atom. The number of carbonyl (C=O) groups is 1. The van der Waals surface area contributed by atoms with Crippen molar-refractivity contribution in [3.05, 3.63) is 35.2 Å². The van der Waals surface area contributed by atoms with E-state index in [1.807, 2.05) is 19.1 Å². The van der Waals surface area contributed by atoms with Crippen molar-refractivity contribution < 1.29 is 4.79 Å². The number of hydrogen-bond acceptors (Lipinski definition) is 3. The zero-order valence-corrected chi connectivity index (χ0v) is 11.3. The minimum absolute atomic E-state index is 0.0718. The molecule has 1 heterocycles. The average molecular weight is 262 g/mol. The number of fused-ring (bicyclic) bond motifs is 1. The van der Waals surface area contributed by atoms with Gasteiger partial charge in [0.15, 0.2) is 0 Å². The van der Waals surface area contributed by atoms with Gasteiger partial charge in [-0.3, -0.25) is 4.79 Å². The SMILES string of the molecule is CC(N)CCC(=O)NCc1csc2ccccc12. The van der Waals surface area contributed by atoms with Crippen LogP contribution in [-0.2, 0) is 11.3 Å². The average Bonchev–Trinajstić information content (AvgIpc) is 2.77. The van der Waals surface area contributed by atoms with E-state index >= 15 is 0 Å². The summed E-state index contributed by atoms with van der Waals surface area (Å²) in [5.41, 5.74) is 6.81. The lowest BCUT2D eigenvalue weighted by molar-refractivity contribution is -0.121. The number of thiophene rings is 1. The fourth-order valence-electron chi connectivity index (χ4n) is 1.81. The van der Waals surface area contributed by atoms with E-state index in [1.165, 1.54) is 15.6 Å². The van der Waals surface area contributed by atoms with Crippen LogP contribution in [0.4, 0.5) is 0 Å². The van der Waals surface area contributed by atoms with Gasteiger partial charge in [-0.15, -0.1) is 11.3 Å². The summed E-state index contributed by atoms with van der Waals surface area (Å²) in [6.45, 7) is 2.52. The second-order valence-corrected chi connectivity index (χ2v) is 5.46. The highest BCUT2D eigenvalue weighted by atomic mass is 32.1. The van der Waals surface area contributed by atoms with E-state index in [9.17, 15) is 4.79 Å². The molecule has 4 heteroatoms. The van der Waals surface area contributed by atoms with E-state index in [0.29, 0.717) is 13.0 Å². The number of nitrogens with one attached hydrogen (secondary N) is 1. The van der Waals surface area contributed by atoms with Crippen LogP contribution in [-0.4, -0.2) is 11.9 Å². The topological polar surface area (TPSA) is 55.1 Å². The van der Waals surface area contributed by atoms with Gasteiger partial charge >= 0.3 is 0 Å². The molecule has 0 radical (unpaired) electrons. The highest BCUT2D eigenvalue weighted by Crippen LogP contribution is 2.25. The smallest absolute Gasteiger partial charge is 0.220 e. The van der Waals surface area contributed by atoms with Crippen LogP contribution in [0.3, 0.4) is 0 Å². The summed E-state index contributed by atoms with van der Waals surface area (Å²) in [5, 5.41) is 6.28. The third kappa shape index (κ3) is 3.31. The van der Waals surface area contributed by atoms with E-state index in [-0.39, 0.29) is 11.9 Å². The number of nitrogens with two attached hydrogens (primary N) is 1. The number of carbonyl (C=O) groups excluding carboxylic acids is 1. The Labute approximate surface area is 111 Å². The molecule has 0 fully saturated rings. The molecule has 0 saturated heterocycles. The Balaban J connectivity index is 1.92. The van der Waals surface area contributed by atoms with E-state index < -0.39 is 0 Å². The van der Waals surface area contributed by atoms with Gasteiger partial charge in [0.25, 0.3) is 0 Å². The molecule has 1 amide bonds. The monoisotopic (exact) mass is 262 g/mol. The van der Waals surface area contributed by atoms with Gasteiger partial charge in [0.05, 0.1) is 0 Å². The van der Waals surface area contributed by atoms with Gasteiger partial charge in [-0.05, 0) is 35.7 Å². The van der Waals surface area contributed by atoms with Gasteiger partial charge in [0.1, 0.15) is 0 Å². The zero-order chi connectivity index (χ0) is 13.0. The van der Waals surface area contributed by atoms with Crippen LogP contribution in [0.1, 0.15) is 25.3 Å². The largest absolute Gasteiger partial charge is 0.352 e. The van der Waals surface area contributed by atoms with Crippen molar-refractivity contribution in [2.24, 2.45) is 5.73 Å². The normalized spacial score (nSPS) is 12.6. The van der Waals surface area contributed by atoms with Crippen molar-refractivity contribution >= 4 is 27.3 Å². The molecule has 1 atom stereocenters. The van der Waals surface area contributed by atoms with E-state index in [0.717, 1.165) is 6.42 Å². The lowest BCUT2D eigenvalue weighted by Crippen LogP contribution is -2.25. The van der Waals surface area contributed by atoms with E-state index in [2.05, 4.69) is 22.8 Å². The van der Waals surface area contributed by atoms with Crippen molar-refractivity contribution in [2.45, 2.75) is 32.4 Å². The zero-order valence-electron chi connectivity index (χ0n) is 10.5. The maximum atomic E-state index is 11.6. The van der Waals surface area contributed by atoms with Crippen LogP contribution < -0.4 is 11.1 Å². The van der Waals surface area contributed by atoms with Crippen molar-refractivity contribution in [3.8, 4) is 0 Å². The molecule has 96 valence electrons. The first-order valence-electron chi connectivity index (χ1n) is 6.14. The van der Waals surface area contributed by atoms with Gasteiger partial charge in [-0.25, -0.2) is 0 Å². The number of rotatable bonds is 5. The van der Waals surface area contributed by atoms with Gasteiger partial charge in [-0.2, -0.15) is 0 Å². The third-order valence-electron chi connectivity index (χ3n) is 2.86. The second-order valence-electron chi connectivity index (χ2n) is 4.55. The minimum atomic E-state index is 0.0718. The fraction of sp³-hybridized carbons (Fsp3) is 0.357. The molecule has 0 aliphatic heterocycles. The Morgan fingerprint density at radius 3 is 3.00 bits per heavy atom. The maximum absolute atomic E-state index is 11.6. The molecular formula is C14H18N2OS. The highest BCUT2D eigenvalue weighted by molar-refractivity contribution is 7.17. The Bertz CT molecular complexity index is 533. The first kappa shape index (κ1) is 13.1. The predicted octanol–water partition coefficient (Wildman–Crippen LogP) is 2.64. The Morgan fingerprint density at radius 2 is 2.22 bits per heavy atom. The predicted molar refractivity (Wildman–Crippen MR) is 76.6 cm³/mol. The summed E-state index contributed by atoms with van der Waals surface area (Å²) in [6, 6.07) is 8.33. The van der Waals surface area contributed by atoms with Crippen molar-refractivity contribution in [2.75, 3.05) is 0 Å². The fourth-order valence-corrected chi connectivity index (χ4v) is 2.77. The molecule has 3 N–H and O–H groups in total. The molecule has 0 bridgehead atoms. The van der Waals surface area contributed by atoms with Crippen molar-refractivity contribution in [1.29, 1.82) is 0 Å². The molecule has 0 aliphatic carbocycles. The molecule has 18 heavy (non-hydrogen) atoms. The molecule has 1 aromatic carbocycles. The van der Waals surface area contributed by atoms with Crippen LogP contribution in [0.2, 0.25) is 0 Å². The molecule has 2 aromatic rings. The maximum Gasteiger partial charge on any atom is 0.220 e. The van der Waals surface area contributed by atoms with Crippen molar-refractivity contribution in [1.82, 2.24) is 5.32 Å². The van der Waals surface area contributed by atoms with Crippen LogP contribution in [0.25, 0.3) is 10.1 Å². The molecule has 0 saturated carbocycles. The van der Waals surface area contributed by atoms with Crippen LogP contribution in [0.5, 0.6) is 0 Å².